The molecule has 0 heterocycles. The van der Waals surface area contributed by atoms with Gasteiger partial charge in [-0.25, -0.2) is 0 Å². The first-order chi connectivity index (χ1) is 10.7. The number of alkyl halides is 1. The third-order valence-corrected chi connectivity index (χ3v) is 4.69. The van der Waals surface area contributed by atoms with Gasteiger partial charge in [0.05, 0.1) is 7.11 Å². The predicted molar refractivity (Wildman–Crippen MR) is 90.1 cm³/mol. The van der Waals surface area contributed by atoms with Crippen molar-refractivity contribution in [1.29, 1.82) is 0 Å². The van der Waals surface area contributed by atoms with E-state index >= 15 is 0 Å². The number of benzene rings is 2. The smallest absolute Gasteiger partial charge is 0.316 e. The van der Waals surface area contributed by atoms with Gasteiger partial charge in [0, 0.05) is 12.4 Å². The molecule has 0 aliphatic heterocycles. The third-order valence-electron chi connectivity index (χ3n) is 3.86. The van der Waals surface area contributed by atoms with Crippen LogP contribution in [0.5, 0.6) is 0 Å². The molecular weight excluding hydrogens is 344 g/mol. The molecule has 0 saturated heterocycles. The van der Waals surface area contributed by atoms with E-state index in [1.807, 2.05) is 60.7 Å². The van der Waals surface area contributed by atoms with E-state index in [9.17, 15) is 4.79 Å². The highest BCUT2D eigenvalue weighted by Crippen LogP contribution is 2.42. The molecule has 0 fully saturated rings. The largest absolute Gasteiger partial charge is 0.468 e. The lowest BCUT2D eigenvalue weighted by molar-refractivity contribution is -0.151. The summed E-state index contributed by atoms with van der Waals surface area (Å²) < 4.78 is 10.9. The molecule has 0 unspecified atom stereocenters. The second kappa shape index (κ2) is 7.56. The van der Waals surface area contributed by atoms with Crippen molar-refractivity contribution in [2.75, 3.05) is 19.5 Å². The molecule has 116 valence electrons. The highest BCUT2D eigenvalue weighted by molar-refractivity contribution is 9.09. The van der Waals surface area contributed by atoms with Crippen LogP contribution in [0.1, 0.15) is 17.0 Å². The Hall–Kier alpha value is -1.65. The minimum atomic E-state index is -0.838. The van der Waals surface area contributed by atoms with Crippen molar-refractivity contribution in [3.8, 4) is 0 Å². The lowest BCUT2D eigenvalue weighted by atomic mass is 9.78. The van der Waals surface area contributed by atoms with Gasteiger partial charge in [-0.15, -0.1) is 0 Å². The Morgan fingerprint density at radius 2 is 1.59 bits per heavy atom. The fourth-order valence-electron chi connectivity index (χ4n) is 2.69. The summed E-state index contributed by atoms with van der Waals surface area (Å²) in [5.74, 6) is -0.887. The SMILES string of the molecule is COC(=O)[C@@H](c1ccccc1)[C@](CBr)(OC)c1ccccc1. The molecule has 0 bridgehead atoms. The standard InChI is InChI=1S/C18H19BrO3/c1-21-17(20)16(14-9-5-3-6-10-14)18(13-19,22-2)15-11-7-4-8-12-15/h3-12,16H,13H2,1-2H3/t16-,18-/m1/s1. The molecule has 2 atom stereocenters. The second-order valence-electron chi connectivity index (χ2n) is 4.96. The number of carbonyl (C=O) groups is 1. The molecular formula is C18H19BrO3. The van der Waals surface area contributed by atoms with E-state index < -0.39 is 11.5 Å². The van der Waals surface area contributed by atoms with Gasteiger partial charge in [-0.3, -0.25) is 4.79 Å². The average Bonchev–Trinajstić information content (AvgIpc) is 2.60. The number of carbonyl (C=O) groups excluding carboxylic acids is 1. The number of hydrogen-bond donors (Lipinski definition) is 0. The van der Waals surface area contributed by atoms with Crippen LogP contribution in [0.25, 0.3) is 0 Å². The van der Waals surface area contributed by atoms with Crippen molar-refractivity contribution in [2.24, 2.45) is 0 Å². The van der Waals surface area contributed by atoms with Gasteiger partial charge in [0.25, 0.3) is 0 Å². The monoisotopic (exact) mass is 362 g/mol. The molecule has 0 saturated carbocycles. The van der Waals surface area contributed by atoms with Crippen LogP contribution in [0.2, 0.25) is 0 Å². The van der Waals surface area contributed by atoms with Crippen LogP contribution >= 0.6 is 15.9 Å². The maximum Gasteiger partial charge on any atom is 0.316 e. The Balaban J connectivity index is 2.62. The number of halogens is 1. The van der Waals surface area contributed by atoms with Crippen LogP contribution in [0.4, 0.5) is 0 Å². The van der Waals surface area contributed by atoms with Crippen LogP contribution in [-0.2, 0) is 19.9 Å². The first-order valence-electron chi connectivity index (χ1n) is 6.99. The van der Waals surface area contributed by atoms with Crippen LogP contribution < -0.4 is 0 Å². The van der Waals surface area contributed by atoms with E-state index in [4.69, 9.17) is 9.47 Å². The minimum absolute atomic E-state index is 0.323. The van der Waals surface area contributed by atoms with Gasteiger partial charge >= 0.3 is 5.97 Å². The molecule has 0 aliphatic carbocycles. The van der Waals surface area contributed by atoms with Gasteiger partial charge in [-0.1, -0.05) is 76.6 Å². The Morgan fingerprint density at radius 1 is 1.05 bits per heavy atom. The van der Waals surface area contributed by atoms with Crippen LogP contribution in [0.15, 0.2) is 60.7 Å². The number of ether oxygens (including phenoxy) is 2. The fourth-order valence-corrected chi connectivity index (χ4v) is 3.57. The van der Waals surface area contributed by atoms with E-state index in [2.05, 4.69) is 15.9 Å². The Labute approximate surface area is 139 Å². The van der Waals surface area contributed by atoms with E-state index in [-0.39, 0.29) is 5.97 Å². The summed E-state index contributed by atoms with van der Waals surface area (Å²) in [4.78, 5) is 12.5. The predicted octanol–water partition coefficient (Wildman–Crippen LogP) is 3.88. The average molecular weight is 363 g/mol. The zero-order chi connectivity index (χ0) is 16.0. The molecule has 0 aliphatic rings. The zero-order valence-electron chi connectivity index (χ0n) is 12.7. The van der Waals surface area contributed by atoms with Gasteiger partial charge in [-0.2, -0.15) is 0 Å². The highest BCUT2D eigenvalue weighted by Gasteiger charge is 2.46. The van der Waals surface area contributed by atoms with Gasteiger partial charge < -0.3 is 9.47 Å². The summed E-state index contributed by atoms with van der Waals surface area (Å²) in [5, 5.41) is 0.467. The van der Waals surface area contributed by atoms with Crippen molar-refractivity contribution in [1.82, 2.24) is 0 Å². The maximum atomic E-state index is 12.5. The van der Waals surface area contributed by atoms with E-state index in [1.165, 1.54) is 7.11 Å². The summed E-state index contributed by atoms with van der Waals surface area (Å²) in [6, 6.07) is 19.3. The lowest BCUT2D eigenvalue weighted by Crippen LogP contribution is -2.42. The molecule has 3 nitrogen and oxygen atoms in total. The normalized spacial score (nSPS) is 14.9. The van der Waals surface area contributed by atoms with Crippen molar-refractivity contribution in [3.63, 3.8) is 0 Å². The van der Waals surface area contributed by atoms with E-state index in [0.29, 0.717) is 5.33 Å². The van der Waals surface area contributed by atoms with Crippen molar-refractivity contribution in [2.45, 2.75) is 11.5 Å². The third kappa shape index (κ3) is 3.08. The minimum Gasteiger partial charge on any atom is -0.468 e. The summed E-state index contributed by atoms with van der Waals surface area (Å²) in [5.41, 5.74) is 0.948. The second-order valence-corrected chi connectivity index (χ2v) is 5.52. The van der Waals surface area contributed by atoms with E-state index in [1.54, 1.807) is 7.11 Å². The van der Waals surface area contributed by atoms with E-state index in [0.717, 1.165) is 11.1 Å². The van der Waals surface area contributed by atoms with Crippen LogP contribution in [0, 0.1) is 0 Å². The first-order valence-corrected chi connectivity index (χ1v) is 8.11. The van der Waals surface area contributed by atoms with Gasteiger partial charge in [0.2, 0.25) is 0 Å². The van der Waals surface area contributed by atoms with Gasteiger partial charge in [0.15, 0.2) is 0 Å². The Morgan fingerprint density at radius 3 is 2.05 bits per heavy atom. The summed E-state index contributed by atoms with van der Waals surface area (Å²) in [7, 11) is 3.02. The molecule has 0 spiro atoms. The molecule has 0 amide bonds. The van der Waals surface area contributed by atoms with Crippen LogP contribution in [-0.4, -0.2) is 25.5 Å². The number of rotatable bonds is 6. The van der Waals surface area contributed by atoms with Gasteiger partial charge in [-0.05, 0) is 11.1 Å². The van der Waals surface area contributed by atoms with Crippen LogP contribution in [0.3, 0.4) is 0 Å². The summed E-state index contributed by atoms with van der Waals surface area (Å²) in [6.45, 7) is 0. The topological polar surface area (TPSA) is 35.5 Å². The molecule has 0 aromatic heterocycles. The van der Waals surface area contributed by atoms with Crippen molar-refractivity contribution in [3.05, 3.63) is 71.8 Å². The highest BCUT2D eigenvalue weighted by atomic mass is 79.9. The molecule has 2 aromatic carbocycles. The molecule has 22 heavy (non-hydrogen) atoms. The Kier molecular flexibility index (Phi) is 5.75. The lowest BCUT2D eigenvalue weighted by Gasteiger charge is -2.37. The van der Waals surface area contributed by atoms with Crippen molar-refractivity contribution >= 4 is 21.9 Å². The maximum absolute atomic E-state index is 12.5. The molecule has 4 heteroatoms. The molecule has 2 aromatic rings. The molecule has 0 radical (unpaired) electrons. The number of methoxy groups -OCH3 is 2. The number of esters is 1. The van der Waals surface area contributed by atoms with Gasteiger partial charge in [0.1, 0.15) is 11.5 Å². The quantitative estimate of drug-likeness (QED) is 0.577. The summed E-state index contributed by atoms with van der Waals surface area (Å²) in [6.07, 6.45) is 0. The molecule has 0 N–H and O–H groups in total. The zero-order valence-corrected chi connectivity index (χ0v) is 14.2. The first kappa shape index (κ1) is 16.7. The number of hydrogen-bond acceptors (Lipinski definition) is 3. The molecule has 2 rings (SSSR count). The Bertz CT molecular complexity index is 594. The fraction of sp³-hybridized carbons (Fsp3) is 0.278. The summed E-state index contributed by atoms with van der Waals surface area (Å²) >= 11 is 3.53. The van der Waals surface area contributed by atoms with Crippen molar-refractivity contribution < 1.29 is 14.3 Å².